The summed E-state index contributed by atoms with van der Waals surface area (Å²) in [7, 11) is 0. The highest BCUT2D eigenvalue weighted by atomic mass is 16.1. The number of carbonyl (C=O) groups is 1. The van der Waals surface area contributed by atoms with Crippen LogP contribution in [0.3, 0.4) is 0 Å². The molecule has 1 nitrogen and oxygen atoms in total. The third kappa shape index (κ3) is 7.14. The second kappa shape index (κ2) is 5.66. The number of Topliss-reactive ketones (excluding diaryl/α,β-unsaturated/α-hetero) is 1. The Kier molecular flexibility index (Phi) is 5.38. The predicted octanol–water partition coefficient (Wildman–Crippen LogP) is 4.79. The van der Waals surface area contributed by atoms with Crippen molar-refractivity contribution in [2.45, 2.75) is 55.4 Å². The molecule has 0 aromatic carbocycles. The number of carbonyl (C=O) groups excluding carboxylic acids is 1. The Morgan fingerprint density at radius 3 is 1.88 bits per heavy atom. The normalized spacial score (nSPS) is 16.4. The van der Waals surface area contributed by atoms with E-state index in [2.05, 4.69) is 45.9 Å². The van der Waals surface area contributed by atoms with Crippen molar-refractivity contribution in [1.82, 2.24) is 0 Å². The molecule has 0 aromatic rings. The largest absolute Gasteiger partial charge is 0.298 e. The third-order valence-corrected chi connectivity index (χ3v) is 2.51. The lowest BCUT2D eigenvalue weighted by molar-refractivity contribution is -0.128. The Morgan fingerprint density at radius 1 is 1.06 bits per heavy atom. The number of ketones is 1. The van der Waals surface area contributed by atoms with Crippen LogP contribution in [-0.2, 0) is 4.79 Å². The molecule has 0 radical (unpaired) electrons. The van der Waals surface area contributed by atoms with Gasteiger partial charge in [-0.1, -0.05) is 72.3 Å². The van der Waals surface area contributed by atoms with Gasteiger partial charge in [0.15, 0.2) is 0 Å². The molecule has 0 bridgehead atoms. The molecule has 0 amide bonds. The first-order valence-corrected chi connectivity index (χ1v) is 6.35. The van der Waals surface area contributed by atoms with E-state index in [4.69, 9.17) is 0 Å². The van der Waals surface area contributed by atoms with Crippen molar-refractivity contribution in [3.05, 3.63) is 23.8 Å². The van der Waals surface area contributed by atoms with Crippen molar-refractivity contribution in [2.75, 3.05) is 0 Å². The molecule has 1 unspecified atom stereocenters. The molecule has 0 heterocycles. The molecule has 0 saturated heterocycles. The molecule has 0 fully saturated rings. The first kappa shape index (κ1) is 16.1. The molecule has 0 aliphatic heterocycles. The molecule has 0 spiro atoms. The highest BCUT2D eigenvalue weighted by molar-refractivity contribution is 5.87. The van der Waals surface area contributed by atoms with Gasteiger partial charge < -0.3 is 0 Å². The summed E-state index contributed by atoms with van der Waals surface area (Å²) in [6, 6.07) is 0. The van der Waals surface area contributed by atoms with E-state index in [-0.39, 0.29) is 16.7 Å². The molecule has 0 saturated carbocycles. The summed E-state index contributed by atoms with van der Waals surface area (Å²) in [5.74, 6) is 0.278. The summed E-state index contributed by atoms with van der Waals surface area (Å²) < 4.78 is 0. The standard InChI is InChI=1S/C16H28O/c1-12(9-10-15(3,4)5)11-13(2)14(17)16(6,7)8/h9-11,13H,1-8H3/b10-9+,12-11+. The van der Waals surface area contributed by atoms with Crippen LogP contribution in [0.1, 0.15) is 55.4 Å². The van der Waals surface area contributed by atoms with Crippen molar-refractivity contribution < 1.29 is 4.79 Å². The maximum absolute atomic E-state index is 12.0. The lowest BCUT2D eigenvalue weighted by Crippen LogP contribution is -2.25. The Bertz CT molecular complexity index is 318. The average molecular weight is 236 g/mol. The summed E-state index contributed by atoms with van der Waals surface area (Å²) >= 11 is 0. The van der Waals surface area contributed by atoms with Gasteiger partial charge in [-0.05, 0) is 12.3 Å². The smallest absolute Gasteiger partial charge is 0.144 e. The SMILES string of the molecule is CC(/C=C/C(C)(C)C)=C\C(C)C(=O)C(C)(C)C. The summed E-state index contributed by atoms with van der Waals surface area (Å²) in [6.45, 7) is 16.4. The summed E-state index contributed by atoms with van der Waals surface area (Å²) in [6.07, 6.45) is 6.33. The predicted molar refractivity (Wildman–Crippen MR) is 76.0 cm³/mol. The molecule has 17 heavy (non-hydrogen) atoms. The van der Waals surface area contributed by atoms with Gasteiger partial charge in [0, 0.05) is 11.3 Å². The van der Waals surface area contributed by atoms with Crippen molar-refractivity contribution >= 4 is 5.78 Å². The lowest BCUT2D eigenvalue weighted by atomic mass is 9.83. The topological polar surface area (TPSA) is 17.1 Å². The summed E-state index contributed by atoms with van der Waals surface area (Å²) in [5.41, 5.74) is 1.08. The van der Waals surface area contributed by atoms with E-state index in [1.165, 1.54) is 0 Å². The third-order valence-electron chi connectivity index (χ3n) is 2.51. The van der Waals surface area contributed by atoms with Crippen molar-refractivity contribution in [2.24, 2.45) is 16.7 Å². The van der Waals surface area contributed by atoms with Gasteiger partial charge in [-0.25, -0.2) is 0 Å². The first-order valence-electron chi connectivity index (χ1n) is 6.35. The minimum absolute atomic E-state index is 0.0142. The molecule has 0 aromatic heterocycles. The molecule has 0 aliphatic carbocycles. The van der Waals surface area contributed by atoms with E-state index in [1.54, 1.807) is 0 Å². The van der Waals surface area contributed by atoms with Gasteiger partial charge in [0.05, 0.1) is 0 Å². The Balaban J connectivity index is 4.71. The fourth-order valence-electron chi connectivity index (χ4n) is 1.59. The van der Waals surface area contributed by atoms with E-state index < -0.39 is 0 Å². The van der Waals surface area contributed by atoms with Crippen LogP contribution in [0.4, 0.5) is 0 Å². The Labute approximate surface area is 107 Å². The molecule has 1 atom stereocenters. The van der Waals surface area contributed by atoms with Crippen LogP contribution in [0.25, 0.3) is 0 Å². The molecular formula is C16H28O. The van der Waals surface area contributed by atoms with Crippen LogP contribution in [0.5, 0.6) is 0 Å². The van der Waals surface area contributed by atoms with Gasteiger partial charge in [0.1, 0.15) is 5.78 Å². The molecular weight excluding hydrogens is 208 g/mol. The quantitative estimate of drug-likeness (QED) is 0.644. The number of allylic oxidation sites excluding steroid dienone is 4. The zero-order valence-corrected chi connectivity index (χ0v) is 12.7. The van der Waals surface area contributed by atoms with E-state index >= 15 is 0 Å². The first-order chi connectivity index (χ1) is 7.43. The molecule has 0 aliphatic rings. The van der Waals surface area contributed by atoms with Gasteiger partial charge in [-0.15, -0.1) is 0 Å². The van der Waals surface area contributed by atoms with Crippen LogP contribution in [-0.4, -0.2) is 5.78 Å². The summed E-state index contributed by atoms with van der Waals surface area (Å²) in [5, 5.41) is 0. The van der Waals surface area contributed by atoms with E-state index in [0.717, 1.165) is 5.57 Å². The van der Waals surface area contributed by atoms with Crippen molar-refractivity contribution in [3.8, 4) is 0 Å². The second-order valence-corrected chi connectivity index (χ2v) is 7.01. The minimum atomic E-state index is -0.260. The monoisotopic (exact) mass is 236 g/mol. The number of hydrogen-bond donors (Lipinski definition) is 0. The average Bonchev–Trinajstić information content (AvgIpc) is 2.10. The van der Waals surface area contributed by atoms with Crippen LogP contribution in [0.15, 0.2) is 23.8 Å². The van der Waals surface area contributed by atoms with Crippen molar-refractivity contribution in [1.29, 1.82) is 0 Å². The number of rotatable bonds is 3. The maximum Gasteiger partial charge on any atom is 0.144 e. The maximum atomic E-state index is 12.0. The van der Waals surface area contributed by atoms with Gasteiger partial charge in [0.2, 0.25) is 0 Å². The lowest BCUT2D eigenvalue weighted by Gasteiger charge is -2.20. The van der Waals surface area contributed by atoms with Gasteiger partial charge >= 0.3 is 0 Å². The number of hydrogen-bond acceptors (Lipinski definition) is 1. The zero-order valence-electron chi connectivity index (χ0n) is 12.7. The van der Waals surface area contributed by atoms with E-state index in [9.17, 15) is 4.79 Å². The Morgan fingerprint density at radius 2 is 1.53 bits per heavy atom. The summed E-state index contributed by atoms with van der Waals surface area (Å²) in [4.78, 5) is 12.0. The fourth-order valence-corrected chi connectivity index (χ4v) is 1.59. The van der Waals surface area contributed by atoms with Crippen LogP contribution in [0, 0.1) is 16.7 Å². The van der Waals surface area contributed by atoms with Crippen LogP contribution >= 0.6 is 0 Å². The van der Waals surface area contributed by atoms with Crippen LogP contribution in [0.2, 0.25) is 0 Å². The Hall–Kier alpha value is -0.850. The van der Waals surface area contributed by atoms with Crippen LogP contribution < -0.4 is 0 Å². The van der Waals surface area contributed by atoms with E-state index in [0.29, 0.717) is 5.78 Å². The van der Waals surface area contributed by atoms with Gasteiger partial charge in [-0.3, -0.25) is 4.79 Å². The highest BCUT2D eigenvalue weighted by Gasteiger charge is 2.25. The van der Waals surface area contributed by atoms with Gasteiger partial charge in [-0.2, -0.15) is 0 Å². The van der Waals surface area contributed by atoms with E-state index in [1.807, 2.05) is 27.7 Å². The molecule has 1 heteroatoms. The minimum Gasteiger partial charge on any atom is -0.298 e. The highest BCUT2D eigenvalue weighted by Crippen LogP contribution is 2.22. The molecule has 0 N–H and O–H groups in total. The molecule has 0 rings (SSSR count). The zero-order chi connectivity index (χ0) is 13.9. The molecule has 98 valence electrons. The van der Waals surface area contributed by atoms with Crippen molar-refractivity contribution in [3.63, 3.8) is 0 Å². The second-order valence-electron chi connectivity index (χ2n) is 7.01. The fraction of sp³-hybridized carbons (Fsp3) is 0.688. The van der Waals surface area contributed by atoms with Gasteiger partial charge in [0.25, 0.3) is 0 Å².